The van der Waals surface area contributed by atoms with E-state index >= 15 is 0 Å². The standard InChI is InChI=1S/C60H40N2O/c1-3-20-46(21-4-1)61(47-22-5-2-6-23-47)55-29-14-30-57-59(55)54-28-13-19-45-35-40-56(60(63-57)58(45)54)62(48-36-31-43(32-37-48)52-26-11-17-41-15-7-9-24-50(41)52)49-38-33-44(34-39-49)53-27-12-18-42-16-8-10-25-51(42)53/h1-40H. The Hall–Kier alpha value is -8.40. The Labute approximate surface area is 367 Å². The van der Waals surface area contributed by atoms with E-state index in [9.17, 15) is 0 Å². The highest BCUT2D eigenvalue weighted by atomic mass is 16.5. The fraction of sp³-hybridized carbons (Fsp3) is 0. The Kier molecular flexibility index (Phi) is 8.83. The summed E-state index contributed by atoms with van der Waals surface area (Å²) < 4.78 is 7.28. The van der Waals surface area contributed by atoms with Crippen LogP contribution in [0.4, 0.5) is 34.1 Å². The van der Waals surface area contributed by atoms with Crippen LogP contribution in [0.5, 0.6) is 11.5 Å². The number of rotatable bonds is 8. The van der Waals surface area contributed by atoms with Crippen LogP contribution in [-0.4, -0.2) is 0 Å². The zero-order valence-electron chi connectivity index (χ0n) is 34.4. The lowest BCUT2D eigenvalue weighted by Crippen LogP contribution is -2.14. The molecule has 0 unspecified atom stereocenters. The van der Waals surface area contributed by atoms with Gasteiger partial charge in [-0.25, -0.2) is 0 Å². The summed E-state index contributed by atoms with van der Waals surface area (Å²) in [4.78, 5) is 4.68. The molecule has 0 saturated heterocycles. The number of nitrogens with zero attached hydrogens (tertiary/aromatic N) is 2. The van der Waals surface area contributed by atoms with Crippen molar-refractivity contribution in [2.75, 3.05) is 9.80 Å². The van der Waals surface area contributed by atoms with Crippen LogP contribution in [0.2, 0.25) is 0 Å². The second-order valence-corrected chi connectivity index (χ2v) is 16.1. The topological polar surface area (TPSA) is 15.7 Å². The maximum atomic E-state index is 7.28. The summed E-state index contributed by atoms with van der Waals surface area (Å²) >= 11 is 0. The molecule has 1 aliphatic heterocycles. The number of fused-ring (bicyclic) bond motifs is 4. The fourth-order valence-electron chi connectivity index (χ4n) is 9.54. The van der Waals surface area contributed by atoms with Gasteiger partial charge in [0, 0.05) is 33.7 Å². The molecule has 0 amide bonds. The molecule has 0 atom stereocenters. The van der Waals surface area contributed by atoms with Crippen molar-refractivity contribution in [2.45, 2.75) is 0 Å². The molecule has 1 aliphatic rings. The van der Waals surface area contributed by atoms with Crippen molar-refractivity contribution in [1.29, 1.82) is 0 Å². The van der Waals surface area contributed by atoms with E-state index in [0.29, 0.717) is 0 Å². The molecule has 0 N–H and O–H groups in total. The van der Waals surface area contributed by atoms with Crippen LogP contribution < -0.4 is 14.5 Å². The first-order valence-corrected chi connectivity index (χ1v) is 21.5. The number of hydrogen-bond donors (Lipinski definition) is 0. The van der Waals surface area contributed by atoms with Gasteiger partial charge in [0.1, 0.15) is 5.75 Å². The van der Waals surface area contributed by atoms with Gasteiger partial charge in [0.25, 0.3) is 0 Å². The van der Waals surface area contributed by atoms with Crippen molar-refractivity contribution in [2.24, 2.45) is 0 Å². The van der Waals surface area contributed by atoms with Crippen molar-refractivity contribution in [3.8, 4) is 44.9 Å². The van der Waals surface area contributed by atoms with Gasteiger partial charge in [-0.1, -0.05) is 176 Å². The van der Waals surface area contributed by atoms with Crippen LogP contribution in [-0.2, 0) is 0 Å². The van der Waals surface area contributed by atoms with Crippen molar-refractivity contribution in [3.63, 3.8) is 0 Å². The van der Waals surface area contributed by atoms with Gasteiger partial charge in [-0.05, 0) is 121 Å². The molecule has 0 aromatic heterocycles. The van der Waals surface area contributed by atoms with Crippen LogP contribution in [0.15, 0.2) is 243 Å². The first kappa shape index (κ1) is 36.5. The first-order valence-electron chi connectivity index (χ1n) is 21.5. The van der Waals surface area contributed by atoms with Crippen LogP contribution >= 0.6 is 0 Å². The summed E-state index contributed by atoms with van der Waals surface area (Å²) in [5.74, 6) is 1.64. The Balaban J connectivity index is 1.04. The fourth-order valence-corrected chi connectivity index (χ4v) is 9.54. The van der Waals surface area contributed by atoms with Crippen LogP contribution in [0.1, 0.15) is 0 Å². The summed E-state index contributed by atoms with van der Waals surface area (Å²) in [6.07, 6.45) is 0. The average Bonchev–Trinajstić information content (AvgIpc) is 3.35. The number of anilines is 6. The van der Waals surface area contributed by atoms with Crippen LogP contribution in [0.3, 0.4) is 0 Å². The lowest BCUT2D eigenvalue weighted by atomic mass is 9.92. The number of ether oxygens (including phenoxy) is 1. The van der Waals surface area contributed by atoms with E-state index in [4.69, 9.17) is 4.74 Å². The van der Waals surface area contributed by atoms with E-state index in [1.807, 2.05) is 0 Å². The molecular weight excluding hydrogens is 765 g/mol. The minimum Gasteiger partial charge on any atom is -0.454 e. The SMILES string of the molecule is c1ccc(N(c2ccccc2)c2cccc3c2-c2cccc4ccc(N(c5ccc(-c6cccc7ccccc67)cc5)c5ccc(-c6cccc7ccccc67)cc5)c(c24)O3)cc1. The summed E-state index contributed by atoms with van der Waals surface area (Å²) in [7, 11) is 0. The van der Waals surface area contributed by atoms with Gasteiger partial charge in [-0.3, -0.25) is 0 Å². The van der Waals surface area contributed by atoms with Crippen molar-refractivity contribution in [3.05, 3.63) is 243 Å². The van der Waals surface area contributed by atoms with Gasteiger partial charge in [0.05, 0.1) is 11.4 Å². The third kappa shape index (κ3) is 6.29. The predicted octanol–water partition coefficient (Wildman–Crippen LogP) is 17.2. The monoisotopic (exact) mass is 804 g/mol. The van der Waals surface area contributed by atoms with Crippen molar-refractivity contribution >= 4 is 66.4 Å². The molecule has 0 saturated carbocycles. The van der Waals surface area contributed by atoms with E-state index in [0.717, 1.165) is 67.5 Å². The Morgan fingerprint density at radius 2 is 0.730 bits per heavy atom. The minimum absolute atomic E-state index is 0.814. The second kappa shape index (κ2) is 15.3. The second-order valence-electron chi connectivity index (χ2n) is 16.1. The third-order valence-electron chi connectivity index (χ3n) is 12.4. The highest BCUT2D eigenvalue weighted by molar-refractivity contribution is 6.11. The van der Waals surface area contributed by atoms with Gasteiger partial charge < -0.3 is 14.5 Å². The van der Waals surface area contributed by atoms with E-state index in [2.05, 4.69) is 252 Å². The van der Waals surface area contributed by atoms with Crippen molar-refractivity contribution < 1.29 is 4.74 Å². The minimum atomic E-state index is 0.814. The largest absolute Gasteiger partial charge is 0.454 e. The normalized spacial score (nSPS) is 11.6. The lowest BCUT2D eigenvalue weighted by Gasteiger charge is -2.33. The molecular formula is C60H40N2O. The summed E-state index contributed by atoms with van der Waals surface area (Å²) in [5, 5.41) is 7.15. The zero-order valence-corrected chi connectivity index (χ0v) is 34.4. The van der Waals surface area contributed by atoms with Gasteiger partial charge in [0.2, 0.25) is 0 Å². The van der Waals surface area contributed by atoms with E-state index in [-0.39, 0.29) is 0 Å². The van der Waals surface area contributed by atoms with Crippen LogP contribution in [0, 0.1) is 0 Å². The maximum absolute atomic E-state index is 7.28. The molecule has 3 nitrogen and oxygen atoms in total. The molecule has 3 heteroatoms. The summed E-state index contributed by atoms with van der Waals surface area (Å²) in [6.45, 7) is 0. The molecule has 11 aromatic rings. The summed E-state index contributed by atoms with van der Waals surface area (Å²) in [6, 6.07) is 86.9. The molecule has 0 spiro atoms. The zero-order chi connectivity index (χ0) is 41.7. The predicted molar refractivity (Wildman–Crippen MR) is 265 cm³/mol. The molecule has 0 radical (unpaired) electrons. The van der Waals surface area contributed by atoms with Gasteiger partial charge in [-0.15, -0.1) is 0 Å². The molecule has 63 heavy (non-hydrogen) atoms. The number of benzene rings is 11. The maximum Gasteiger partial charge on any atom is 0.159 e. The highest BCUT2D eigenvalue weighted by Crippen LogP contribution is 2.56. The molecule has 296 valence electrons. The third-order valence-corrected chi connectivity index (χ3v) is 12.4. The lowest BCUT2D eigenvalue weighted by molar-refractivity contribution is 0.488. The quantitative estimate of drug-likeness (QED) is 0.152. The summed E-state index contributed by atoms with van der Waals surface area (Å²) in [5.41, 5.74) is 13.2. The van der Waals surface area contributed by atoms with Crippen molar-refractivity contribution in [1.82, 2.24) is 0 Å². The Bertz CT molecular complexity index is 3300. The van der Waals surface area contributed by atoms with Crippen LogP contribution in [0.25, 0.3) is 65.7 Å². The molecule has 12 rings (SSSR count). The van der Waals surface area contributed by atoms with Gasteiger partial charge in [0.15, 0.2) is 5.75 Å². The van der Waals surface area contributed by atoms with E-state index in [1.165, 1.54) is 43.8 Å². The Morgan fingerprint density at radius 3 is 1.30 bits per heavy atom. The highest BCUT2D eigenvalue weighted by Gasteiger charge is 2.30. The smallest absolute Gasteiger partial charge is 0.159 e. The van der Waals surface area contributed by atoms with E-state index in [1.54, 1.807) is 0 Å². The molecule has 11 aromatic carbocycles. The molecule has 0 fully saturated rings. The molecule has 0 bridgehead atoms. The van der Waals surface area contributed by atoms with E-state index < -0.39 is 0 Å². The number of hydrogen-bond acceptors (Lipinski definition) is 3. The molecule has 0 aliphatic carbocycles. The van der Waals surface area contributed by atoms with Gasteiger partial charge in [-0.2, -0.15) is 0 Å². The van der Waals surface area contributed by atoms with Gasteiger partial charge >= 0.3 is 0 Å². The number of para-hydroxylation sites is 2. The first-order chi connectivity index (χ1) is 31.3. The average molecular weight is 805 g/mol. The molecule has 1 heterocycles. The Morgan fingerprint density at radius 1 is 0.286 bits per heavy atom.